The van der Waals surface area contributed by atoms with Crippen molar-refractivity contribution in [2.75, 3.05) is 4.90 Å². The molecule has 2 aliphatic rings. The van der Waals surface area contributed by atoms with E-state index in [4.69, 9.17) is 16.7 Å². The topological polar surface area (TPSA) is 67.2 Å². The maximum atomic E-state index is 13.9. The van der Waals surface area contributed by atoms with Crippen LogP contribution >= 0.6 is 22.9 Å². The number of carbonyl (C=O) groups is 2. The highest BCUT2D eigenvalue weighted by Gasteiger charge is 2.49. The minimum Gasteiger partial charge on any atom is -0.351 e. The maximum absolute atomic E-state index is 13.9. The fourth-order valence-corrected chi connectivity index (χ4v) is 5.87. The number of nitrogens with zero attached hydrogens (tertiary/aromatic N) is 3. The van der Waals surface area contributed by atoms with Gasteiger partial charge in [0, 0.05) is 16.8 Å². The van der Waals surface area contributed by atoms with Gasteiger partial charge >= 0.3 is 0 Å². The molecule has 1 N–H and O–H groups in total. The minimum absolute atomic E-state index is 0.132. The molecule has 1 saturated carbocycles. The van der Waals surface area contributed by atoms with E-state index in [0.717, 1.165) is 36.3 Å². The Balaban J connectivity index is 1.52. The summed E-state index contributed by atoms with van der Waals surface area (Å²) in [6.07, 6.45) is 7.89. The van der Waals surface area contributed by atoms with Crippen molar-refractivity contribution in [3.63, 3.8) is 0 Å². The Kier molecular flexibility index (Phi) is 6.49. The second-order valence-corrected chi connectivity index (χ2v) is 10.8. The van der Waals surface area contributed by atoms with Gasteiger partial charge in [-0.05, 0) is 61.5 Å². The van der Waals surface area contributed by atoms with Gasteiger partial charge in [-0.15, -0.1) is 11.3 Å². The first-order chi connectivity index (χ1) is 16.5. The SMILES string of the molecule is CC1(C(=O)NC2CCCCCCC2)Cn2nc(-c3cccs3)cc2C(=O)N1c1ccc(Cl)cc1. The van der Waals surface area contributed by atoms with Crippen LogP contribution in [0.15, 0.2) is 47.8 Å². The van der Waals surface area contributed by atoms with Crippen LogP contribution in [0.4, 0.5) is 5.69 Å². The Hall–Kier alpha value is -2.64. The van der Waals surface area contributed by atoms with E-state index in [1.54, 1.807) is 45.2 Å². The first kappa shape index (κ1) is 23.1. The summed E-state index contributed by atoms with van der Waals surface area (Å²) in [5, 5.41) is 10.6. The zero-order valence-electron chi connectivity index (χ0n) is 19.3. The van der Waals surface area contributed by atoms with E-state index in [9.17, 15) is 9.59 Å². The molecule has 178 valence electrons. The molecule has 2 amide bonds. The summed E-state index contributed by atoms with van der Waals surface area (Å²) in [5.74, 6) is -0.376. The van der Waals surface area contributed by atoms with Crippen molar-refractivity contribution in [1.29, 1.82) is 0 Å². The number of benzene rings is 1. The highest BCUT2D eigenvalue weighted by molar-refractivity contribution is 7.13. The first-order valence-corrected chi connectivity index (χ1v) is 13.2. The average molecular weight is 497 g/mol. The van der Waals surface area contributed by atoms with Crippen LogP contribution in [0.3, 0.4) is 0 Å². The third-order valence-electron chi connectivity index (χ3n) is 6.94. The molecule has 3 heterocycles. The molecule has 1 aliphatic carbocycles. The number of nitrogens with one attached hydrogen (secondary N) is 1. The van der Waals surface area contributed by atoms with Crippen molar-refractivity contribution < 1.29 is 9.59 Å². The van der Waals surface area contributed by atoms with E-state index >= 15 is 0 Å². The van der Waals surface area contributed by atoms with Crippen LogP contribution in [0.25, 0.3) is 10.6 Å². The predicted molar refractivity (Wildman–Crippen MR) is 136 cm³/mol. The summed E-state index contributed by atoms with van der Waals surface area (Å²) in [7, 11) is 0. The van der Waals surface area contributed by atoms with Gasteiger partial charge in [0.15, 0.2) is 0 Å². The van der Waals surface area contributed by atoms with Crippen molar-refractivity contribution in [3.8, 4) is 10.6 Å². The third-order valence-corrected chi connectivity index (χ3v) is 8.09. The highest BCUT2D eigenvalue weighted by Crippen LogP contribution is 2.35. The largest absolute Gasteiger partial charge is 0.351 e. The zero-order chi connectivity index (χ0) is 23.7. The molecular weight excluding hydrogens is 468 g/mol. The van der Waals surface area contributed by atoms with Crippen LogP contribution in [0.1, 0.15) is 62.4 Å². The van der Waals surface area contributed by atoms with Gasteiger partial charge < -0.3 is 5.32 Å². The van der Waals surface area contributed by atoms with Crippen LogP contribution in [0, 0.1) is 0 Å². The molecule has 0 radical (unpaired) electrons. The number of hydrogen-bond donors (Lipinski definition) is 1. The zero-order valence-corrected chi connectivity index (χ0v) is 20.9. The predicted octanol–water partition coefficient (Wildman–Crippen LogP) is 5.91. The van der Waals surface area contributed by atoms with E-state index in [2.05, 4.69) is 5.32 Å². The maximum Gasteiger partial charge on any atom is 0.277 e. The molecule has 8 heteroatoms. The Labute approximate surface area is 208 Å². The summed E-state index contributed by atoms with van der Waals surface area (Å²) >= 11 is 7.70. The second-order valence-electron chi connectivity index (χ2n) is 9.46. The molecule has 2 aromatic heterocycles. The number of aromatic nitrogens is 2. The molecule has 1 fully saturated rings. The van der Waals surface area contributed by atoms with E-state index < -0.39 is 5.54 Å². The summed E-state index contributed by atoms with van der Waals surface area (Å²) in [4.78, 5) is 30.3. The fourth-order valence-electron chi connectivity index (χ4n) is 5.06. The second kappa shape index (κ2) is 9.55. The molecule has 1 unspecified atom stereocenters. The molecule has 0 saturated heterocycles. The molecule has 1 aromatic carbocycles. The van der Waals surface area contributed by atoms with Gasteiger partial charge in [0.2, 0.25) is 5.91 Å². The quantitative estimate of drug-likeness (QED) is 0.488. The number of carbonyl (C=O) groups excluding carboxylic acids is 2. The molecule has 0 spiro atoms. The van der Waals surface area contributed by atoms with Crippen LogP contribution in [0.5, 0.6) is 0 Å². The lowest BCUT2D eigenvalue weighted by Crippen LogP contribution is -2.65. The van der Waals surface area contributed by atoms with E-state index in [0.29, 0.717) is 16.4 Å². The Bertz CT molecular complexity index is 1170. The smallest absolute Gasteiger partial charge is 0.277 e. The van der Waals surface area contributed by atoms with Crippen LogP contribution < -0.4 is 10.2 Å². The van der Waals surface area contributed by atoms with Crippen molar-refractivity contribution in [1.82, 2.24) is 15.1 Å². The lowest BCUT2D eigenvalue weighted by atomic mass is 9.91. The van der Waals surface area contributed by atoms with Crippen molar-refractivity contribution in [3.05, 3.63) is 58.6 Å². The molecule has 34 heavy (non-hydrogen) atoms. The van der Waals surface area contributed by atoms with Gasteiger partial charge in [0.1, 0.15) is 16.9 Å². The molecule has 1 atom stereocenters. The summed E-state index contributed by atoms with van der Waals surface area (Å²) < 4.78 is 1.70. The highest BCUT2D eigenvalue weighted by atomic mass is 35.5. The molecule has 1 aliphatic heterocycles. The molecule has 5 rings (SSSR count). The minimum atomic E-state index is -1.13. The van der Waals surface area contributed by atoms with Crippen molar-refractivity contribution in [2.45, 2.75) is 70.0 Å². The number of fused-ring (bicyclic) bond motifs is 1. The van der Waals surface area contributed by atoms with E-state index in [1.807, 2.05) is 30.5 Å². The number of halogens is 1. The Morgan fingerprint density at radius 3 is 2.50 bits per heavy atom. The number of anilines is 1. The Morgan fingerprint density at radius 1 is 1.12 bits per heavy atom. The molecule has 6 nitrogen and oxygen atoms in total. The first-order valence-electron chi connectivity index (χ1n) is 12.0. The summed E-state index contributed by atoms with van der Waals surface area (Å²) in [6, 6.07) is 13.0. The van der Waals surface area contributed by atoms with E-state index in [-0.39, 0.29) is 24.4 Å². The lowest BCUT2D eigenvalue weighted by Gasteiger charge is -2.43. The van der Waals surface area contributed by atoms with Gasteiger partial charge in [0.05, 0.1) is 11.4 Å². The van der Waals surface area contributed by atoms with Crippen LogP contribution in [-0.4, -0.2) is 33.2 Å². The molecule has 0 bridgehead atoms. The number of thiophene rings is 1. The number of amides is 2. The molecular formula is C26H29ClN4O2S. The summed E-state index contributed by atoms with van der Waals surface area (Å²) in [6.45, 7) is 2.12. The van der Waals surface area contributed by atoms with Gasteiger partial charge in [0.25, 0.3) is 5.91 Å². The Morgan fingerprint density at radius 2 is 1.82 bits per heavy atom. The average Bonchev–Trinajstić information content (AvgIpc) is 3.47. The third kappa shape index (κ3) is 4.39. The van der Waals surface area contributed by atoms with Crippen LogP contribution in [0.2, 0.25) is 5.02 Å². The number of rotatable bonds is 4. The number of hydrogen-bond acceptors (Lipinski definition) is 4. The fraction of sp³-hybridized carbons (Fsp3) is 0.423. The van der Waals surface area contributed by atoms with Crippen molar-refractivity contribution in [2.24, 2.45) is 0 Å². The normalized spacial score (nSPS) is 21.6. The standard InChI is InChI=1S/C26H29ClN4O2S/c1-26(25(33)28-19-8-5-3-2-4-6-9-19)17-30-22(16-21(29-30)23-10-7-15-34-23)24(32)31(26)20-13-11-18(27)12-14-20/h7,10-16,19H,2-6,8-9,17H2,1H3,(H,28,33). The van der Waals surface area contributed by atoms with Gasteiger partial charge in [-0.1, -0.05) is 49.8 Å². The monoisotopic (exact) mass is 496 g/mol. The molecule has 3 aromatic rings. The van der Waals surface area contributed by atoms with Gasteiger partial charge in [-0.3, -0.25) is 19.2 Å². The van der Waals surface area contributed by atoms with Crippen LogP contribution in [-0.2, 0) is 11.3 Å². The van der Waals surface area contributed by atoms with Gasteiger partial charge in [-0.25, -0.2) is 0 Å². The summed E-state index contributed by atoms with van der Waals surface area (Å²) in [5.41, 5.74) is 0.752. The lowest BCUT2D eigenvalue weighted by molar-refractivity contribution is -0.127. The van der Waals surface area contributed by atoms with Crippen molar-refractivity contribution >= 4 is 40.4 Å². The van der Waals surface area contributed by atoms with Gasteiger partial charge in [-0.2, -0.15) is 5.10 Å². The van der Waals surface area contributed by atoms with E-state index in [1.165, 1.54) is 19.3 Å².